The van der Waals surface area contributed by atoms with Crippen molar-refractivity contribution in [3.05, 3.63) is 20.9 Å². The Morgan fingerprint density at radius 2 is 2.17 bits per heavy atom. The number of aryl methyl sites for hydroxylation is 1. The van der Waals surface area contributed by atoms with Gasteiger partial charge in [-0.05, 0) is 36.4 Å². The van der Waals surface area contributed by atoms with Crippen molar-refractivity contribution in [2.75, 3.05) is 0 Å². The van der Waals surface area contributed by atoms with E-state index in [1.165, 1.54) is 11.3 Å². The van der Waals surface area contributed by atoms with E-state index in [-0.39, 0.29) is 11.2 Å². The number of hydrogen-bond donors (Lipinski definition) is 1. The molecule has 0 bridgehead atoms. The molecule has 0 saturated carbocycles. The zero-order valence-electron chi connectivity index (χ0n) is 9.11. The van der Waals surface area contributed by atoms with E-state index in [1.54, 1.807) is 0 Å². The molecule has 4 nitrogen and oxygen atoms in total. The summed E-state index contributed by atoms with van der Waals surface area (Å²) in [6.07, 6.45) is 1.91. The van der Waals surface area contributed by atoms with Gasteiger partial charge in [0.15, 0.2) is 0 Å². The fourth-order valence-electron chi connectivity index (χ4n) is 2.32. The molecule has 2 aromatic heterocycles. The third-order valence-corrected chi connectivity index (χ3v) is 4.81. The van der Waals surface area contributed by atoms with E-state index < -0.39 is 5.97 Å². The molecule has 0 spiro atoms. The Balaban J connectivity index is 2.18. The number of nitrogens with zero attached hydrogens (tertiary/aromatic N) is 2. The van der Waals surface area contributed by atoms with Gasteiger partial charge in [-0.2, -0.15) is 0 Å². The molecule has 0 aromatic carbocycles. The van der Waals surface area contributed by atoms with Gasteiger partial charge in [0.2, 0.25) is 5.28 Å². The molecule has 3 rings (SSSR count). The Kier molecular flexibility index (Phi) is 2.92. The van der Waals surface area contributed by atoms with Gasteiger partial charge >= 0.3 is 5.97 Å². The second kappa shape index (κ2) is 4.33. The van der Waals surface area contributed by atoms with Gasteiger partial charge < -0.3 is 5.11 Å². The van der Waals surface area contributed by atoms with Crippen LogP contribution in [0, 0.1) is 5.92 Å². The maximum Gasteiger partial charge on any atom is 0.306 e. The molecule has 0 radical (unpaired) electrons. The van der Waals surface area contributed by atoms with Gasteiger partial charge in [0.25, 0.3) is 0 Å². The fraction of sp³-hybridized carbons (Fsp3) is 0.364. The predicted molar refractivity (Wildman–Crippen MR) is 70.6 cm³/mol. The maximum absolute atomic E-state index is 11.1. The SMILES string of the molecule is O=C(O)[C@@H]1CCc2sc3nc(Cl)nc(Cl)c3c2C1. The van der Waals surface area contributed by atoms with Crippen LogP contribution in [-0.4, -0.2) is 21.0 Å². The van der Waals surface area contributed by atoms with Crippen LogP contribution >= 0.6 is 34.5 Å². The van der Waals surface area contributed by atoms with Gasteiger partial charge in [-0.3, -0.25) is 4.79 Å². The number of aliphatic carboxylic acids is 1. The maximum atomic E-state index is 11.1. The highest BCUT2D eigenvalue weighted by Crippen LogP contribution is 2.40. The van der Waals surface area contributed by atoms with Crippen molar-refractivity contribution in [2.45, 2.75) is 19.3 Å². The Labute approximate surface area is 117 Å². The van der Waals surface area contributed by atoms with E-state index in [1.807, 2.05) is 0 Å². The summed E-state index contributed by atoms with van der Waals surface area (Å²) in [7, 11) is 0. The molecule has 2 aromatic rings. The van der Waals surface area contributed by atoms with Crippen LogP contribution < -0.4 is 0 Å². The number of thiophene rings is 1. The second-order valence-corrected chi connectivity index (χ2v) is 6.03. The minimum Gasteiger partial charge on any atom is -0.481 e. The highest BCUT2D eigenvalue weighted by atomic mass is 35.5. The number of carboxylic acid groups (broad SMARTS) is 1. The van der Waals surface area contributed by atoms with Crippen molar-refractivity contribution in [2.24, 2.45) is 5.92 Å². The molecular formula is C11H8Cl2N2O2S. The molecule has 1 aliphatic carbocycles. The predicted octanol–water partition coefficient (Wildman–Crippen LogP) is 3.19. The summed E-state index contributed by atoms with van der Waals surface area (Å²) < 4.78 is 0. The van der Waals surface area contributed by atoms with Gasteiger partial charge in [-0.1, -0.05) is 11.6 Å². The fourth-order valence-corrected chi connectivity index (χ4v) is 4.14. The lowest BCUT2D eigenvalue weighted by molar-refractivity contribution is -0.142. The summed E-state index contributed by atoms with van der Waals surface area (Å²) in [5.41, 5.74) is 0.982. The molecule has 0 aliphatic heterocycles. The van der Waals surface area contributed by atoms with Crippen LogP contribution in [-0.2, 0) is 17.6 Å². The number of rotatable bonds is 1. The third-order valence-electron chi connectivity index (χ3n) is 3.18. The third kappa shape index (κ3) is 1.86. The van der Waals surface area contributed by atoms with Gasteiger partial charge in [-0.25, -0.2) is 9.97 Å². The molecular weight excluding hydrogens is 295 g/mol. The zero-order chi connectivity index (χ0) is 12.9. The average molecular weight is 303 g/mol. The number of hydrogen-bond acceptors (Lipinski definition) is 4. The van der Waals surface area contributed by atoms with Crippen LogP contribution in [0.2, 0.25) is 10.4 Å². The van der Waals surface area contributed by atoms with Crippen LogP contribution in [0.5, 0.6) is 0 Å². The van der Waals surface area contributed by atoms with E-state index in [0.717, 1.165) is 27.1 Å². The number of carboxylic acids is 1. The minimum absolute atomic E-state index is 0.126. The molecule has 0 saturated heterocycles. The Bertz CT molecular complexity index is 656. The molecule has 2 heterocycles. The Hall–Kier alpha value is -0.910. The molecule has 0 unspecified atom stereocenters. The quantitative estimate of drug-likeness (QED) is 0.649. The lowest BCUT2D eigenvalue weighted by Crippen LogP contribution is -2.21. The van der Waals surface area contributed by atoms with Crippen LogP contribution in [0.3, 0.4) is 0 Å². The summed E-state index contributed by atoms with van der Waals surface area (Å²) in [4.78, 5) is 21.1. The van der Waals surface area contributed by atoms with Gasteiger partial charge in [-0.15, -0.1) is 11.3 Å². The van der Waals surface area contributed by atoms with E-state index in [0.29, 0.717) is 18.0 Å². The van der Waals surface area contributed by atoms with Crippen LogP contribution in [0.4, 0.5) is 0 Å². The van der Waals surface area contributed by atoms with E-state index in [2.05, 4.69) is 9.97 Å². The molecule has 0 fully saturated rings. The van der Waals surface area contributed by atoms with Crippen molar-refractivity contribution in [1.29, 1.82) is 0 Å². The first-order valence-electron chi connectivity index (χ1n) is 5.42. The summed E-state index contributed by atoms with van der Waals surface area (Å²) >= 11 is 13.4. The van der Waals surface area contributed by atoms with E-state index in [9.17, 15) is 4.79 Å². The van der Waals surface area contributed by atoms with Crippen molar-refractivity contribution < 1.29 is 9.90 Å². The zero-order valence-corrected chi connectivity index (χ0v) is 11.4. The standard InChI is InChI=1S/C11H8Cl2N2O2S/c12-8-7-5-3-4(10(16)17)1-2-6(5)18-9(7)15-11(13)14-8/h4H,1-3H2,(H,16,17)/t4-/m1/s1. The highest BCUT2D eigenvalue weighted by molar-refractivity contribution is 7.19. The van der Waals surface area contributed by atoms with E-state index >= 15 is 0 Å². The smallest absolute Gasteiger partial charge is 0.306 e. The first-order valence-corrected chi connectivity index (χ1v) is 6.99. The first kappa shape index (κ1) is 12.1. The largest absolute Gasteiger partial charge is 0.481 e. The Morgan fingerprint density at radius 1 is 1.39 bits per heavy atom. The monoisotopic (exact) mass is 302 g/mol. The highest BCUT2D eigenvalue weighted by Gasteiger charge is 2.28. The van der Waals surface area contributed by atoms with E-state index in [4.69, 9.17) is 28.3 Å². The average Bonchev–Trinajstić information content (AvgIpc) is 2.65. The van der Waals surface area contributed by atoms with Gasteiger partial charge in [0.1, 0.15) is 9.98 Å². The second-order valence-electron chi connectivity index (χ2n) is 4.25. The molecule has 0 amide bonds. The van der Waals surface area contributed by atoms with Gasteiger partial charge in [0, 0.05) is 4.88 Å². The molecule has 7 heteroatoms. The molecule has 18 heavy (non-hydrogen) atoms. The topological polar surface area (TPSA) is 63.1 Å². The first-order chi connectivity index (χ1) is 8.56. The summed E-state index contributed by atoms with van der Waals surface area (Å²) in [6, 6.07) is 0. The van der Waals surface area contributed by atoms with Gasteiger partial charge in [0.05, 0.1) is 11.3 Å². The number of aromatic nitrogens is 2. The molecule has 94 valence electrons. The summed E-state index contributed by atoms with van der Waals surface area (Å²) in [6.45, 7) is 0. The number of carbonyl (C=O) groups is 1. The normalized spacial score (nSPS) is 18.9. The lowest BCUT2D eigenvalue weighted by atomic mass is 9.87. The number of halogens is 2. The van der Waals surface area contributed by atoms with Crippen molar-refractivity contribution in [3.63, 3.8) is 0 Å². The summed E-state index contributed by atoms with van der Waals surface area (Å²) in [5, 5.41) is 10.3. The lowest BCUT2D eigenvalue weighted by Gasteiger charge is -2.18. The summed E-state index contributed by atoms with van der Waals surface area (Å²) in [5.74, 6) is -1.10. The van der Waals surface area contributed by atoms with Crippen molar-refractivity contribution in [3.8, 4) is 0 Å². The van der Waals surface area contributed by atoms with Crippen LogP contribution in [0.25, 0.3) is 10.2 Å². The molecule has 1 atom stereocenters. The van der Waals surface area contributed by atoms with Crippen molar-refractivity contribution in [1.82, 2.24) is 9.97 Å². The molecule has 1 aliphatic rings. The van der Waals surface area contributed by atoms with Crippen molar-refractivity contribution >= 4 is 50.7 Å². The van der Waals surface area contributed by atoms with Crippen LogP contribution in [0.15, 0.2) is 0 Å². The number of fused-ring (bicyclic) bond motifs is 3. The minimum atomic E-state index is -0.758. The van der Waals surface area contributed by atoms with Crippen LogP contribution in [0.1, 0.15) is 16.9 Å². The Morgan fingerprint density at radius 3 is 2.89 bits per heavy atom. The molecule has 1 N–H and O–H groups in total.